The van der Waals surface area contributed by atoms with Gasteiger partial charge in [-0.3, -0.25) is 9.59 Å². The minimum atomic E-state index is -0.832. The second kappa shape index (κ2) is 3.41. The minimum absolute atomic E-state index is 0.0946. The molecule has 0 aliphatic carbocycles. The van der Waals surface area contributed by atoms with Gasteiger partial charge in [0.15, 0.2) is 11.8 Å². The largest absolute Gasteiger partial charge is 0.349 e. The van der Waals surface area contributed by atoms with Gasteiger partial charge in [0, 0.05) is 19.2 Å². The minimum Gasteiger partial charge on any atom is -0.349 e. The molecule has 1 aliphatic heterocycles. The Morgan fingerprint density at radius 3 is 3.07 bits per heavy atom. The van der Waals surface area contributed by atoms with Crippen molar-refractivity contribution in [2.24, 2.45) is 0 Å². The lowest BCUT2D eigenvalue weighted by Gasteiger charge is -2.17. The quantitative estimate of drug-likeness (QED) is 0.640. The van der Waals surface area contributed by atoms with Crippen molar-refractivity contribution >= 4 is 25.2 Å². The molecule has 76 valence electrons. The Labute approximate surface area is 86.0 Å². The van der Waals surface area contributed by atoms with Crippen molar-refractivity contribution in [3.63, 3.8) is 0 Å². The lowest BCUT2D eigenvalue weighted by Crippen LogP contribution is -2.36. The summed E-state index contributed by atoms with van der Waals surface area (Å²) in [6, 6.07) is 1.07. The van der Waals surface area contributed by atoms with Gasteiger partial charge in [0.2, 0.25) is 7.85 Å². The van der Waals surface area contributed by atoms with Crippen molar-refractivity contribution in [2.45, 2.75) is 6.54 Å². The van der Waals surface area contributed by atoms with Gasteiger partial charge in [0.05, 0.1) is 5.69 Å². The topological polar surface area (TPSA) is 63.1 Å². The van der Waals surface area contributed by atoms with Gasteiger partial charge in [-0.2, -0.15) is 4.39 Å². The molecule has 0 unspecified atom stereocenters. The highest BCUT2D eigenvalue weighted by molar-refractivity contribution is 6.60. The Bertz CT molecular complexity index is 443. The summed E-state index contributed by atoms with van der Waals surface area (Å²) in [4.78, 5) is 22.0. The van der Waals surface area contributed by atoms with Crippen LogP contribution in [0.5, 0.6) is 0 Å². The average Bonchev–Trinajstić information content (AvgIpc) is 2.44. The summed E-state index contributed by atoms with van der Waals surface area (Å²) in [6.45, 7) is 0.709. The predicted octanol–water partition coefficient (Wildman–Crippen LogP) is 0.0710. The van der Waals surface area contributed by atoms with Gasteiger partial charge in [-0.25, -0.2) is 0 Å². The number of carbonyl (C=O) groups excluding carboxylic acids is 2. The molecule has 1 aromatic heterocycles. The normalized spacial score (nSPS) is 14.3. The van der Waals surface area contributed by atoms with E-state index >= 15 is 0 Å². The van der Waals surface area contributed by atoms with Crippen molar-refractivity contribution in [3.8, 4) is 0 Å². The van der Waals surface area contributed by atoms with Crippen molar-refractivity contribution in [3.05, 3.63) is 17.7 Å². The molecule has 0 fully saturated rings. The third-order valence-electron chi connectivity index (χ3n) is 2.14. The van der Waals surface area contributed by atoms with Crippen molar-refractivity contribution in [1.82, 2.24) is 9.88 Å². The SMILES string of the molecule is [B]C(=O)Nc1cc(F)n2c1C(=O)NCC2. The fourth-order valence-corrected chi connectivity index (χ4v) is 1.57. The first-order valence-electron chi connectivity index (χ1n) is 4.33. The van der Waals surface area contributed by atoms with Gasteiger partial charge in [0.1, 0.15) is 5.69 Å². The van der Waals surface area contributed by atoms with Crippen LogP contribution >= 0.6 is 0 Å². The molecule has 0 spiro atoms. The second-order valence-corrected chi connectivity index (χ2v) is 3.13. The highest BCUT2D eigenvalue weighted by Crippen LogP contribution is 2.22. The third kappa shape index (κ3) is 1.60. The van der Waals surface area contributed by atoms with Crippen LogP contribution in [0.1, 0.15) is 10.5 Å². The molecule has 0 atom stereocenters. The van der Waals surface area contributed by atoms with E-state index in [2.05, 4.69) is 10.6 Å². The first kappa shape index (κ1) is 9.76. The third-order valence-corrected chi connectivity index (χ3v) is 2.14. The zero-order valence-corrected chi connectivity index (χ0v) is 7.71. The number of carbonyl (C=O) groups is 2. The summed E-state index contributed by atoms with van der Waals surface area (Å²) in [5.74, 6) is -1.82. The van der Waals surface area contributed by atoms with Crippen LogP contribution in [0.4, 0.5) is 14.9 Å². The predicted molar refractivity (Wildman–Crippen MR) is 51.5 cm³/mol. The maximum absolute atomic E-state index is 13.3. The average molecular weight is 207 g/mol. The summed E-state index contributed by atoms with van der Waals surface area (Å²) in [5, 5.41) is 4.75. The fraction of sp³-hybridized carbons (Fsp3) is 0.250. The van der Waals surface area contributed by atoms with Crippen LogP contribution in [-0.2, 0) is 6.54 Å². The van der Waals surface area contributed by atoms with Crippen LogP contribution in [-0.4, -0.2) is 30.7 Å². The number of hydrogen-bond acceptors (Lipinski definition) is 2. The van der Waals surface area contributed by atoms with E-state index < -0.39 is 17.7 Å². The zero-order valence-electron chi connectivity index (χ0n) is 7.71. The zero-order chi connectivity index (χ0) is 11.0. The van der Waals surface area contributed by atoms with E-state index in [0.717, 1.165) is 6.07 Å². The molecular formula is C8H7BFN3O2. The molecule has 0 saturated heterocycles. The number of fused-ring (bicyclic) bond motifs is 1. The van der Waals surface area contributed by atoms with Crippen LogP contribution < -0.4 is 10.6 Å². The Hall–Kier alpha value is -1.79. The Kier molecular flexibility index (Phi) is 2.22. The van der Waals surface area contributed by atoms with Crippen LogP contribution in [0.3, 0.4) is 0 Å². The number of rotatable bonds is 1. The lowest BCUT2D eigenvalue weighted by atomic mass is 10.1. The molecule has 2 rings (SSSR count). The Morgan fingerprint density at radius 1 is 1.67 bits per heavy atom. The smallest absolute Gasteiger partial charge is 0.270 e. The molecule has 15 heavy (non-hydrogen) atoms. The first-order valence-corrected chi connectivity index (χ1v) is 4.33. The highest BCUT2D eigenvalue weighted by atomic mass is 19.1. The summed E-state index contributed by atoms with van der Waals surface area (Å²) in [5.41, 5.74) is 0.190. The maximum atomic E-state index is 13.3. The van der Waals surface area contributed by atoms with E-state index in [1.165, 1.54) is 4.57 Å². The molecule has 1 aromatic rings. The van der Waals surface area contributed by atoms with E-state index in [4.69, 9.17) is 7.85 Å². The second-order valence-electron chi connectivity index (χ2n) is 3.13. The van der Waals surface area contributed by atoms with E-state index in [1.54, 1.807) is 0 Å². The summed E-state index contributed by atoms with van der Waals surface area (Å²) < 4.78 is 14.5. The number of halogens is 1. The van der Waals surface area contributed by atoms with Gasteiger partial charge < -0.3 is 15.2 Å². The van der Waals surface area contributed by atoms with E-state index in [-0.39, 0.29) is 11.4 Å². The first-order chi connectivity index (χ1) is 7.09. The monoisotopic (exact) mass is 207 g/mol. The van der Waals surface area contributed by atoms with E-state index in [1.807, 2.05) is 0 Å². The van der Waals surface area contributed by atoms with Gasteiger partial charge in [0.25, 0.3) is 5.91 Å². The molecule has 2 amide bonds. The number of hydrogen-bond donors (Lipinski definition) is 2. The number of nitrogens with zero attached hydrogens (tertiary/aromatic N) is 1. The van der Waals surface area contributed by atoms with Gasteiger partial charge in [-0.15, -0.1) is 0 Å². The molecule has 0 aromatic carbocycles. The fourth-order valence-electron chi connectivity index (χ4n) is 1.57. The molecule has 0 saturated carbocycles. The standard InChI is InChI=1S/C8H7BFN3O2/c9-8(15)12-4-3-5(10)13-2-1-11-7(14)6(4)13/h3H,1-2H2,(H,11,14)(H,12,15). The molecule has 2 heterocycles. The molecule has 5 nitrogen and oxygen atoms in total. The maximum Gasteiger partial charge on any atom is 0.270 e. The van der Waals surface area contributed by atoms with Crippen LogP contribution in [0.25, 0.3) is 0 Å². The summed E-state index contributed by atoms with van der Waals surface area (Å²) in [7, 11) is 4.90. The Balaban J connectivity index is 2.48. The number of amides is 2. The highest BCUT2D eigenvalue weighted by Gasteiger charge is 2.24. The molecule has 2 radical (unpaired) electrons. The van der Waals surface area contributed by atoms with Crippen molar-refractivity contribution < 1.29 is 14.0 Å². The van der Waals surface area contributed by atoms with E-state index in [0.29, 0.717) is 13.1 Å². The molecule has 7 heteroatoms. The van der Waals surface area contributed by atoms with Crippen molar-refractivity contribution in [1.29, 1.82) is 0 Å². The number of nitrogens with one attached hydrogen (secondary N) is 2. The number of anilines is 1. The van der Waals surface area contributed by atoms with E-state index in [9.17, 15) is 14.0 Å². The number of aromatic nitrogens is 1. The summed E-state index contributed by atoms with van der Waals surface area (Å²) >= 11 is 0. The van der Waals surface area contributed by atoms with Crippen LogP contribution in [0, 0.1) is 5.95 Å². The van der Waals surface area contributed by atoms with Gasteiger partial charge in [-0.05, 0) is 0 Å². The van der Waals surface area contributed by atoms with Crippen LogP contribution in [0.15, 0.2) is 6.07 Å². The molecule has 1 aliphatic rings. The Morgan fingerprint density at radius 2 is 2.40 bits per heavy atom. The van der Waals surface area contributed by atoms with Crippen molar-refractivity contribution in [2.75, 3.05) is 11.9 Å². The summed E-state index contributed by atoms with van der Waals surface area (Å²) in [6.07, 6.45) is 0. The van der Waals surface area contributed by atoms with Gasteiger partial charge in [-0.1, -0.05) is 0 Å². The van der Waals surface area contributed by atoms with Gasteiger partial charge >= 0.3 is 0 Å². The molecule has 0 bridgehead atoms. The lowest BCUT2D eigenvalue weighted by molar-refractivity contribution is 0.0925. The molecular weight excluding hydrogens is 200 g/mol. The molecule has 2 N–H and O–H groups in total. The van der Waals surface area contributed by atoms with Crippen LogP contribution in [0.2, 0.25) is 0 Å².